The summed E-state index contributed by atoms with van der Waals surface area (Å²) in [6, 6.07) is 6.60. The number of carbonyl (C=O) groups is 1. The number of halogens is 1. The van der Waals surface area contributed by atoms with Gasteiger partial charge in [0.1, 0.15) is 5.82 Å². The molecule has 0 aromatic heterocycles. The van der Waals surface area contributed by atoms with Crippen LogP contribution in [0.15, 0.2) is 24.3 Å². The molecule has 0 bridgehead atoms. The molecule has 1 fully saturated rings. The minimum atomic E-state index is -0.215. The van der Waals surface area contributed by atoms with Crippen molar-refractivity contribution in [1.82, 2.24) is 10.2 Å². The number of ether oxygens (including phenoxy) is 1. The van der Waals surface area contributed by atoms with E-state index in [1.807, 2.05) is 20.0 Å². The number of carbonyl (C=O) groups excluding carboxylic acids is 1. The molecule has 4 nitrogen and oxygen atoms in total. The molecule has 1 saturated heterocycles. The second-order valence-corrected chi connectivity index (χ2v) is 6.13. The predicted molar refractivity (Wildman–Crippen MR) is 84.3 cm³/mol. The van der Waals surface area contributed by atoms with Crippen molar-refractivity contribution in [2.45, 2.75) is 32.2 Å². The Bertz CT molecular complexity index is 489. The van der Waals surface area contributed by atoms with Crippen molar-refractivity contribution in [1.29, 1.82) is 0 Å². The Labute approximate surface area is 131 Å². The maximum atomic E-state index is 13.1. The van der Waals surface area contributed by atoms with E-state index in [9.17, 15) is 9.18 Å². The van der Waals surface area contributed by atoms with E-state index in [1.54, 1.807) is 17.0 Å². The van der Waals surface area contributed by atoms with Gasteiger partial charge in [-0.3, -0.25) is 0 Å². The zero-order chi connectivity index (χ0) is 15.9. The van der Waals surface area contributed by atoms with Gasteiger partial charge in [-0.15, -0.1) is 0 Å². The summed E-state index contributed by atoms with van der Waals surface area (Å²) in [5.74, 6) is 0.228. The average Bonchev–Trinajstić information content (AvgIpc) is 2.98. The standard InChI is InChI=1S/C17H25FN2O2/c1-13(6-7-14-4-3-5-16(18)10-14)19-17(21)20(2)11-15-8-9-22-12-15/h3-5,10,13,15H,6-9,11-12H2,1-2H3,(H,19,21)/t13-,15-/m1/s1. The Balaban J connectivity index is 1.71. The number of hydrogen-bond donors (Lipinski definition) is 1. The molecule has 1 aromatic carbocycles. The van der Waals surface area contributed by atoms with Crippen molar-refractivity contribution in [3.8, 4) is 0 Å². The van der Waals surface area contributed by atoms with Crippen LogP contribution in [0.5, 0.6) is 0 Å². The van der Waals surface area contributed by atoms with Gasteiger partial charge in [-0.25, -0.2) is 9.18 Å². The van der Waals surface area contributed by atoms with E-state index in [0.29, 0.717) is 5.92 Å². The zero-order valence-electron chi connectivity index (χ0n) is 13.3. The summed E-state index contributed by atoms with van der Waals surface area (Å²) < 4.78 is 18.4. The number of nitrogens with zero attached hydrogens (tertiary/aromatic N) is 1. The largest absolute Gasteiger partial charge is 0.381 e. The predicted octanol–water partition coefficient (Wildman–Crippen LogP) is 2.82. The van der Waals surface area contributed by atoms with E-state index in [-0.39, 0.29) is 17.9 Å². The number of urea groups is 1. The van der Waals surface area contributed by atoms with E-state index in [0.717, 1.165) is 44.6 Å². The Kier molecular flexibility index (Phi) is 6.19. The molecule has 122 valence electrons. The van der Waals surface area contributed by atoms with Gasteiger partial charge in [0.25, 0.3) is 0 Å². The summed E-state index contributed by atoms with van der Waals surface area (Å²) in [4.78, 5) is 13.8. The van der Waals surface area contributed by atoms with Crippen LogP contribution in [0.4, 0.5) is 9.18 Å². The highest BCUT2D eigenvalue weighted by Gasteiger charge is 2.20. The van der Waals surface area contributed by atoms with E-state index in [2.05, 4.69) is 5.32 Å². The average molecular weight is 308 g/mol. The van der Waals surface area contributed by atoms with Crippen LogP contribution >= 0.6 is 0 Å². The number of hydrogen-bond acceptors (Lipinski definition) is 2. The van der Waals surface area contributed by atoms with Crippen LogP contribution in [-0.4, -0.2) is 43.8 Å². The molecule has 0 unspecified atom stereocenters. The molecule has 0 spiro atoms. The summed E-state index contributed by atoms with van der Waals surface area (Å²) in [5.41, 5.74) is 0.956. The Morgan fingerprint density at radius 2 is 2.36 bits per heavy atom. The van der Waals surface area contributed by atoms with Gasteiger partial charge in [0, 0.05) is 32.2 Å². The molecule has 2 rings (SSSR count). The highest BCUT2D eigenvalue weighted by atomic mass is 19.1. The molecule has 1 aromatic rings. The van der Waals surface area contributed by atoms with Crippen molar-refractivity contribution < 1.29 is 13.9 Å². The fourth-order valence-corrected chi connectivity index (χ4v) is 2.67. The number of amides is 2. The summed E-state index contributed by atoms with van der Waals surface area (Å²) in [6.07, 6.45) is 2.56. The monoisotopic (exact) mass is 308 g/mol. The van der Waals surface area contributed by atoms with Crippen LogP contribution in [0, 0.1) is 11.7 Å². The van der Waals surface area contributed by atoms with Crippen molar-refractivity contribution in [3.63, 3.8) is 0 Å². The van der Waals surface area contributed by atoms with Gasteiger partial charge >= 0.3 is 6.03 Å². The lowest BCUT2D eigenvalue weighted by atomic mass is 10.1. The quantitative estimate of drug-likeness (QED) is 0.878. The third kappa shape index (κ3) is 5.30. The summed E-state index contributed by atoms with van der Waals surface area (Å²) in [5, 5.41) is 2.99. The van der Waals surface area contributed by atoms with E-state index in [1.165, 1.54) is 6.07 Å². The van der Waals surface area contributed by atoms with Crippen LogP contribution < -0.4 is 5.32 Å². The lowest BCUT2D eigenvalue weighted by molar-refractivity contribution is 0.170. The van der Waals surface area contributed by atoms with Crippen LogP contribution in [-0.2, 0) is 11.2 Å². The lowest BCUT2D eigenvalue weighted by Crippen LogP contribution is -2.43. The molecule has 22 heavy (non-hydrogen) atoms. The minimum absolute atomic E-state index is 0.0537. The van der Waals surface area contributed by atoms with Crippen LogP contribution in [0.3, 0.4) is 0 Å². The van der Waals surface area contributed by atoms with Gasteiger partial charge in [-0.05, 0) is 43.9 Å². The molecular formula is C17H25FN2O2. The first-order chi connectivity index (χ1) is 10.5. The van der Waals surface area contributed by atoms with Crippen molar-refractivity contribution in [2.24, 2.45) is 5.92 Å². The third-order valence-corrected chi connectivity index (χ3v) is 4.03. The van der Waals surface area contributed by atoms with Crippen LogP contribution in [0.2, 0.25) is 0 Å². The van der Waals surface area contributed by atoms with Gasteiger partial charge in [-0.2, -0.15) is 0 Å². The third-order valence-electron chi connectivity index (χ3n) is 4.03. The van der Waals surface area contributed by atoms with Crippen LogP contribution in [0.25, 0.3) is 0 Å². The van der Waals surface area contributed by atoms with Crippen molar-refractivity contribution in [2.75, 3.05) is 26.8 Å². The van der Waals surface area contributed by atoms with Gasteiger partial charge < -0.3 is 15.0 Å². The first-order valence-corrected chi connectivity index (χ1v) is 7.88. The lowest BCUT2D eigenvalue weighted by Gasteiger charge is -2.23. The van der Waals surface area contributed by atoms with E-state index in [4.69, 9.17) is 4.74 Å². The number of benzene rings is 1. The number of nitrogens with one attached hydrogen (secondary N) is 1. The molecule has 1 aliphatic rings. The number of rotatable bonds is 6. The second-order valence-electron chi connectivity index (χ2n) is 6.13. The Morgan fingerprint density at radius 1 is 1.55 bits per heavy atom. The Hall–Kier alpha value is -1.62. The first-order valence-electron chi connectivity index (χ1n) is 7.88. The molecule has 2 atom stereocenters. The fourth-order valence-electron chi connectivity index (χ4n) is 2.67. The highest BCUT2D eigenvalue weighted by molar-refractivity contribution is 5.74. The van der Waals surface area contributed by atoms with Crippen molar-refractivity contribution >= 4 is 6.03 Å². The van der Waals surface area contributed by atoms with Crippen molar-refractivity contribution in [3.05, 3.63) is 35.6 Å². The molecule has 0 aliphatic carbocycles. The summed E-state index contributed by atoms with van der Waals surface area (Å²) >= 11 is 0. The SMILES string of the molecule is C[C@H](CCc1cccc(F)c1)NC(=O)N(C)C[C@H]1CCOC1. The maximum absolute atomic E-state index is 13.1. The molecular weight excluding hydrogens is 283 g/mol. The molecule has 1 N–H and O–H groups in total. The number of aryl methyl sites for hydroxylation is 1. The summed E-state index contributed by atoms with van der Waals surface area (Å²) in [7, 11) is 1.81. The zero-order valence-corrected chi connectivity index (χ0v) is 13.3. The fraction of sp³-hybridized carbons (Fsp3) is 0.588. The van der Waals surface area contributed by atoms with Gasteiger partial charge in [0.15, 0.2) is 0 Å². The van der Waals surface area contributed by atoms with Crippen LogP contribution in [0.1, 0.15) is 25.3 Å². The van der Waals surface area contributed by atoms with E-state index >= 15 is 0 Å². The molecule has 0 radical (unpaired) electrons. The summed E-state index contributed by atoms with van der Waals surface area (Å²) in [6.45, 7) is 4.24. The first kappa shape index (κ1) is 16.7. The minimum Gasteiger partial charge on any atom is -0.381 e. The molecule has 2 amide bonds. The smallest absolute Gasteiger partial charge is 0.317 e. The van der Waals surface area contributed by atoms with Gasteiger partial charge in [-0.1, -0.05) is 12.1 Å². The van der Waals surface area contributed by atoms with Gasteiger partial charge in [0.2, 0.25) is 0 Å². The van der Waals surface area contributed by atoms with E-state index < -0.39 is 0 Å². The second kappa shape index (κ2) is 8.13. The molecule has 1 aliphatic heterocycles. The molecule has 0 saturated carbocycles. The topological polar surface area (TPSA) is 41.6 Å². The van der Waals surface area contributed by atoms with Gasteiger partial charge in [0.05, 0.1) is 6.61 Å². The molecule has 1 heterocycles. The normalized spacial score (nSPS) is 19.0. The maximum Gasteiger partial charge on any atom is 0.317 e. The highest BCUT2D eigenvalue weighted by Crippen LogP contribution is 2.13. The molecule has 5 heteroatoms. The Morgan fingerprint density at radius 3 is 3.05 bits per heavy atom.